The molecule has 1 atom stereocenters. The van der Waals surface area contributed by atoms with Crippen LogP contribution >= 0.6 is 0 Å². The van der Waals surface area contributed by atoms with Gasteiger partial charge in [-0.15, -0.1) is 0 Å². The Labute approximate surface area is 152 Å². The van der Waals surface area contributed by atoms with Crippen molar-refractivity contribution in [3.05, 3.63) is 29.8 Å². The van der Waals surface area contributed by atoms with Crippen molar-refractivity contribution in [3.8, 4) is 5.75 Å². The van der Waals surface area contributed by atoms with E-state index in [1.807, 2.05) is 4.90 Å². The van der Waals surface area contributed by atoms with Crippen LogP contribution in [0.25, 0.3) is 0 Å². The van der Waals surface area contributed by atoms with E-state index in [9.17, 15) is 4.79 Å². The molecule has 138 valence electrons. The molecule has 0 aromatic heterocycles. The minimum Gasteiger partial charge on any atom is -0.490 e. The largest absolute Gasteiger partial charge is 0.490 e. The Morgan fingerprint density at radius 3 is 2.48 bits per heavy atom. The molecule has 3 rings (SSSR count). The molecule has 1 aliphatic carbocycles. The van der Waals surface area contributed by atoms with E-state index in [0.717, 1.165) is 25.4 Å². The average molecular weight is 344 g/mol. The molecular formula is C21H32N2O2. The Bertz CT molecular complexity index is 552. The molecule has 1 saturated heterocycles. The molecule has 1 amide bonds. The summed E-state index contributed by atoms with van der Waals surface area (Å²) in [6.07, 6.45) is 6.95. The smallest absolute Gasteiger partial charge is 0.237 e. The van der Waals surface area contributed by atoms with Crippen LogP contribution in [-0.4, -0.2) is 48.0 Å². The molecule has 0 radical (unpaired) electrons. The van der Waals surface area contributed by atoms with Gasteiger partial charge in [-0.05, 0) is 49.9 Å². The standard InChI is InChI=1S/C21H32N2O2/c1-3-22-13-14-23(21(24)16-22)15-18-9-11-20(12-10-18)25-17(2)19-7-5-4-6-8-19/h9-12,17,19H,3-8,13-16H2,1-2H3. The molecule has 1 heterocycles. The van der Waals surface area contributed by atoms with Crippen molar-refractivity contribution in [3.63, 3.8) is 0 Å². The number of carbonyl (C=O) groups is 1. The van der Waals surface area contributed by atoms with Crippen molar-refractivity contribution >= 4 is 5.91 Å². The fourth-order valence-corrected chi connectivity index (χ4v) is 4.00. The number of piperazine rings is 1. The third-order valence-electron chi connectivity index (χ3n) is 5.78. The molecule has 1 saturated carbocycles. The van der Waals surface area contributed by atoms with E-state index in [4.69, 9.17) is 4.74 Å². The van der Waals surface area contributed by atoms with Crippen LogP contribution in [0.3, 0.4) is 0 Å². The number of hydrogen-bond acceptors (Lipinski definition) is 3. The Kier molecular flexibility index (Phi) is 6.35. The molecule has 25 heavy (non-hydrogen) atoms. The molecule has 1 aromatic rings. The number of ether oxygens (including phenoxy) is 1. The average Bonchev–Trinajstić information content (AvgIpc) is 2.65. The summed E-state index contributed by atoms with van der Waals surface area (Å²) in [5, 5.41) is 0. The Hall–Kier alpha value is -1.55. The molecule has 4 nitrogen and oxygen atoms in total. The van der Waals surface area contributed by atoms with Crippen LogP contribution in [0.5, 0.6) is 5.75 Å². The van der Waals surface area contributed by atoms with Crippen LogP contribution < -0.4 is 4.74 Å². The molecule has 4 heteroatoms. The maximum atomic E-state index is 12.2. The molecule has 2 aliphatic rings. The van der Waals surface area contributed by atoms with Crippen LogP contribution in [0, 0.1) is 5.92 Å². The summed E-state index contributed by atoms with van der Waals surface area (Å²) in [6.45, 7) is 8.31. The van der Waals surface area contributed by atoms with Crippen LogP contribution in [0.4, 0.5) is 0 Å². The van der Waals surface area contributed by atoms with E-state index < -0.39 is 0 Å². The van der Waals surface area contributed by atoms with E-state index >= 15 is 0 Å². The van der Waals surface area contributed by atoms with Gasteiger partial charge < -0.3 is 9.64 Å². The predicted octanol–water partition coefficient (Wildman–Crippen LogP) is 3.70. The Balaban J connectivity index is 1.51. The fourth-order valence-electron chi connectivity index (χ4n) is 4.00. The summed E-state index contributed by atoms with van der Waals surface area (Å²) in [4.78, 5) is 16.4. The zero-order valence-electron chi connectivity index (χ0n) is 15.7. The number of nitrogens with zero attached hydrogens (tertiary/aromatic N) is 2. The zero-order valence-corrected chi connectivity index (χ0v) is 15.7. The molecule has 0 spiro atoms. The van der Waals surface area contributed by atoms with Crippen molar-refractivity contribution in [2.45, 2.75) is 58.6 Å². The summed E-state index contributed by atoms with van der Waals surface area (Å²) in [5.41, 5.74) is 1.18. The lowest BCUT2D eigenvalue weighted by molar-refractivity contribution is -0.136. The highest BCUT2D eigenvalue weighted by Crippen LogP contribution is 2.29. The number of carbonyl (C=O) groups excluding carboxylic acids is 1. The van der Waals surface area contributed by atoms with Gasteiger partial charge in [0.05, 0.1) is 12.6 Å². The van der Waals surface area contributed by atoms with E-state index in [1.165, 1.54) is 37.7 Å². The Morgan fingerprint density at radius 2 is 1.84 bits per heavy atom. The fraction of sp³-hybridized carbons (Fsp3) is 0.667. The second-order valence-corrected chi connectivity index (χ2v) is 7.55. The van der Waals surface area contributed by atoms with Crippen molar-refractivity contribution in [2.24, 2.45) is 5.92 Å². The second-order valence-electron chi connectivity index (χ2n) is 7.55. The van der Waals surface area contributed by atoms with Gasteiger partial charge in [-0.2, -0.15) is 0 Å². The van der Waals surface area contributed by atoms with Gasteiger partial charge in [0, 0.05) is 19.6 Å². The van der Waals surface area contributed by atoms with Gasteiger partial charge in [-0.3, -0.25) is 9.69 Å². The summed E-state index contributed by atoms with van der Waals surface area (Å²) in [7, 11) is 0. The lowest BCUT2D eigenvalue weighted by Gasteiger charge is -2.33. The highest BCUT2D eigenvalue weighted by molar-refractivity contribution is 5.79. The molecule has 0 bridgehead atoms. The first-order chi connectivity index (χ1) is 12.2. The Morgan fingerprint density at radius 1 is 1.12 bits per heavy atom. The first-order valence-electron chi connectivity index (χ1n) is 9.91. The number of hydrogen-bond donors (Lipinski definition) is 0. The summed E-state index contributed by atoms with van der Waals surface area (Å²) in [6, 6.07) is 8.31. The van der Waals surface area contributed by atoms with Gasteiger partial charge in [0.1, 0.15) is 5.75 Å². The van der Waals surface area contributed by atoms with E-state index in [0.29, 0.717) is 19.0 Å². The lowest BCUT2D eigenvalue weighted by Crippen LogP contribution is -2.49. The first kappa shape index (κ1) is 18.2. The third-order valence-corrected chi connectivity index (χ3v) is 5.78. The van der Waals surface area contributed by atoms with Gasteiger partial charge in [0.15, 0.2) is 0 Å². The summed E-state index contributed by atoms with van der Waals surface area (Å²) >= 11 is 0. The zero-order chi connectivity index (χ0) is 17.6. The topological polar surface area (TPSA) is 32.8 Å². The number of likely N-dealkylation sites (N-methyl/N-ethyl adjacent to an activating group) is 1. The van der Waals surface area contributed by atoms with Gasteiger partial charge >= 0.3 is 0 Å². The third kappa shape index (κ3) is 4.97. The normalized spacial score (nSPS) is 21.4. The monoisotopic (exact) mass is 344 g/mol. The maximum absolute atomic E-state index is 12.2. The van der Waals surface area contributed by atoms with Crippen LogP contribution in [0.15, 0.2) is 24.3 Å². The predicted molar refractivity (Wildman–Crippen MR) is 101 cm³/mol. The number of rotatable bonds is 6. The van der Waals surface area contributed by atoms with Gasteiger partial charge in [0.2, 0.25) is 5.91 Å². The molecule has 1 unspecified atom stereocenters. The number of benzene rings is 1. The molecule has 0 N–H and O–H groups in total. The van der Waals surface area contributed by atoms with Gasteiger partial charge in [0.25, 0.3) is 0 Å². The van der Waals surface area contributed by atoms with Crippen molar-refractivity contribution < 1.29 is 9.53 Å². The SMILES string of the molecule is CCN1CCN(Cc2ccc(OC(C)C3CCCCC3)cc2)C(=O)C1. The molecular weight excluding hydrogens is 312 g/mol. The minimum atomic E-state index is 0.236. The van der Waals surface area contributed by atoms with Crippen molar-refractivity contribution in [1.82, 2.24) is 9.80 Å². The van der Waals surface area contributed by atoms with Crippen molar-refractivity contribution in [1.29, 1.82) is 0 Å². The first-order valence-corrected chi connectivity index (χ1v) is 9.91. The van der Waals surface area contributed by atoms with Crippen LogP contribution in [0.2, 0.25) is 0 Å². The maximum Gasteiger partial charge on any atom is 0.237 e. The highest BCUT2D eigenvalue weighted by atomic mass is 16.5. The second kappa shape index (κ2) is 8.70. The minimum absolute atomic E-state index is 0.236. The van der Waals surface area contributed by atoms with E-state index in [-0.39, 0.29) is 12.0 Å². The highest BCUT2D eigenvalue weighted by Gasteiger charge is 2.23. The van der Waals surface area contributed by atoms with Gasteiger partial charge in [-0.25, -0.2) is 0 Å². The van der Waals surface area contributed by atoms with Gasteiger partial charge in [-0.1, -0.05) is 38.3 Å². The van der Waals surface area contributed by atoms with E-state index in [1.54, 1.807) is 0 Å². The van der Waals surface area contributed by atoms with E-state index in [2.05, 4.69) is 43.0 Å². The van der Waals surface area contributed by atoms with Crippen LogP contribution in [0.1, 0.15) is 51.5 Å². The summed E-state index contributed by atoms with van der Waals surface area (Å²) < 4.78 is 6.16. The number of amides is 1. The molecule has 1 aromatic carbocycles. The van der Waals surface area contributed by atoms with Crippen molar-refractivity contribution in [2.75, 3.05) is 26.2 Å². The van der Waals surface area contributed by atoms with Crippen LogP contribution in [-0.2, 0) is 11.3 Å². The molecule has 1 aliphatic heterocycles. The molecule has 2 fully saturated rings. The summed E-state index contributed by atoms with van der Waals surface area (Å²) in [5.74, 6) is 1.88. The lowest BCUT2D eigenvalue weighted by atomic mass is 9.86. The quantitative estimate of drug-likeness (QED) is 0.789.